The molecule has 1 fully saturated rings. The number of nitrogens with zero attached hydrogens (tertiary/aromatic N) is 1. The van der Waals surface area contributed by atoms with E-state index in [1.807, 2.05) is 0 Å². The average molecular weight is 392 g/mol. The highest BCUT2D eigenvalue weighted by Crippen LogP contribution is 2.28. The highest BCUT2D eigenvalue weighted by atomic mass is 32.2. The van der Waals surface area contributed by atoms with Gasteiger partial charge in [-0.15, -0.1) is 11.8 Å². The molecule has 2 N–H and O–H groups in total. The summed E-state index contributed by atoms with van der Waals surface area (Å²) in [6.07, 6.45) is 1.26. The van der Waals surface area contributed by atoms with Crippen LogP contribution in [0.5, 0.6) is 0 Å². The van der Waals surface area contributed by atoms with Crippen molar-refractivity contribution in [3.8, 4) is 0 Å². The quantitative estimate of drug-likeness (QED) is 0.524. The molecule has 0 aliphatic carbocycles. The third kappa shape index (κ3) is 3.84. The maximum Gasteiger partial charge on any atom is 0.326 e. The summed E-state index contributed by atoms with van der Waals surface area (Å²) in [6.45, 7) is 0. The van der Waals surface area contributed by atoms with E-state index in [-0.39, 0.29) is 34.9 Å². The second kappa shape index (κ2) is 8.10. The summed E-state index contributed by atoms with van der Waals surface area (Å²) in [5.41, 5.74) is 0.477. The summed E-state index contributed by atoms with van der Waals surface area (Å²) in [6, 6.07) is 4.77. The summed E-state index contributed by atoms with van der Waals surface area (Å²) >= 11 is 1.57. The number of aliphatic carboxylic acids is 1. The second-order valence-corrected chi connectivity index (χ2v) is 7.61. The normalized spacial score (nSPS) is 22.6. The minimum Gasteiger partial charge on any atom is -0.480 e. The molecule has 0 spiro atoms. The molecular formula is C18H20N2O6S. The summed E-state index contributed by atoms with van der Waals surface area (Å²) in [4.78, 5) is 49.1. The van der Waals surface area contributed by atoms with Crippen molar-refractivity contribution in [3.63, 3.8) is 0 Å². The Morgan fingerprint density at radius 1 is 1.30 bits per heavy atom. The number of hydrogen-bond acceptors (Lipinski definition) is 7. The van der Waals surface area contributed by atoms with Crippen LogP contribution in [-0.2, 0) is 14.3 Å². The highest BCUT2D eigenvalue weighted by molar-refractivity contribution is 8.00. The molecule has 144 valence electrons. The molecule has 1 aromatic rings. The largest absolute Gasteiger partial charge is 0.480 e. The number of benzene rings is 1. The van der Waals surface area contributed by atoms with Gasteiger partial charge in [-0.2, -0.15) is 0 Å². The fourth-order valence-corrected chi connectivity index (χ4v) is 4.58. The first-order valence-electron chi connectivity index (χ1n) is 8.59. The number of carboxylic acids is 1. The Morgan fingerprint density at radius 3 is 2.48 bits per heavy atom. The van der Waals surface area contributed by atoms with Gasteiger partial charge in [0.1, 0.15) is 12.1 Å². The molecule has 0 saturated carbocycles. The van der Waals surface area contributed by atoms with Crippen LogP contribution in [0.4, 0.5) is 0 Å². The maximum atomic E-state index is 12.5. The summed E-state index contributed by atoms with van der Waals surface area (Å²) in [5.74, 6) is -2.06. The molecule has 2 amide bonds. The van der Waals surface area contributed by atoms with E-state index < -0.39 is 23.8 Å². The topological polar surface area (TPSA) is 113 Å². The van der Waals surface area contributed by atoms with E-state index in [2.05, 4.69) is 5.32 Å². The number of nitrogens with one attached hydrogen (secondary N) is 1. The van der Waals surface area contributed by atoms with Crippen molar-refractivity contribution >= 4 is 35.5 Å². The first-order chi connectivity index (χ1) is 12.9. The fraction of sp³-hybridized carbons (Fsp3) is 0.444. The molecule has 2 unspecified atom stereocenters. The number of rotatable bonds is 7. The van der Waals surface area contributed by atoms with E-state index in [1.165, 1.54) is 19.2 Å². The SMILES string of the molecule is COC(=O)[C@@H]1CSC(CCCC(C(=O)O)N2C(=O)c3ccccc3C2=O)N1. The van der Waals surface area contributed by atoms with Crippen LogP contribution in [0, 0.1) is 0 Å². The van der Waals surface area contributed by atoms with Crippen molar-refractivity contribution < 1.29 is 29.0 Å². The number of ether oxygens (including phenoxy) is 1. The van der Waals surface area contributed by atoms with Gasteiger partial charge in [-0.1, -0.05) is 12.1 Å². The number of imide groups is 1. The number of amides is 2. The minimum atomic E-state index is -1.21. The van der Waals surface area contributed by atoms with Gasteiger partial charge in [0.25, 0.3) is 11.8 Å². The molecular weight excluding hydrogens is 372 g/mol. The molecule has 2 aliphatic heterocycles. The van der Waals surface area contributed by atoms with Crippen LogP contribution < -0.4 is 5.32 Å². The van der Waals surface area contributed by atoms with Gasteiger partial charge in [0.2, 0.25) is 0 Å². The molecule has 27 heavy (non-hydrogen) atoms. The standard InChI is InChI=1S/C18H20N2O6S/c1-26-18(25)12-9-27-14(19-12)8-4-7-13(17(23)24)20-15(21)10-5-2-3-6-11(10)16(20)22/h2-3,5-6,12-14,19H,4,7-9H2,1H3,(H,23,24)/t12-,13?,14?/m0/s1. The van der Waals surface area contributed by atoms with Crippen molar-refractivity contribution in [1.82, 2.24) is 10.2 Å². The van der Waals surface area contributed by atoms with Crippen LogP contribution >= 0.6 is 11.8 Å². The molecule has 8 nitrogen and oxygen atoms in total. The number of thioether (sulfide) groups is 1. The Morgan fingerprint density at radius 2 is 1.93 bits per heavy atom. The van der Waals surface area contributed by atoms with Crippen molar-refractivity contribution in [1.29, 1.82) is 0 Å². The van der Waals surface area contributed by atoms with Gasteiger partial charge in [-0.05, 0) is 31.4 Å². The van der Waals surface area contributed by atoms with E-state index in [4.69, 9.17) is 4.74 Å². The Bertz CT molecular complexity index is 748. The van der Waals surface area contributed by atoms with Crippen LogP contribution in [0.2, 0.25) is 0 Å². The van der Waals surface area contributed by atoms with Gasteiger partial charge in [-0.25, -0.2) is 4.79 Å². The Labute approximate surface area is 160 Å². The zero-order chi connectivity index (χ0) is 19.6. The van der Waals surface area contributed by atoms with Gasteiger partial charge < -0.3 is 9.84 Å². The summed E-state index contributed by atoms with van der Waals surface area (Å²) in [7, 11) is 1.33. The minimum absolute atomic E-state index is 0.00530. The number of carbonyl (C=O) groups is 4. The highest BCUT2D eigenvalue weighted by Gasteiger charge is 2.42. The number of methoxy groups -OCH3 is 1. The fourth-order valence-electron chi connectivity index (χ4n) is 3.33. The van der Waals surface area contributed by atoms with Crippen LogP contribution in [0.25, 0.3) is 0 Å². The molecule has 3 rings (SSSR count). The van der Waals surface area contributed by atoms with Gasteiger partial charge in [0, 0.05) is 5.75 Å². The molecule has 0 bridgehead atoms. The lowest BCUT2D eigenvalue weighted by atomic mass is 10.1. The molecule has 9 heteroatoms. The second-order valence-electron chi connectivity index (χ2n) is 6.38. The van der Waals surface area contributed by atoms with Crippen molar-refractivity contribution in [2.45, 2.75) is 36.7 Å². The van der Waals surface area contributed by atoms with Crippen LogP contribution in [0.1, 0.15) is 40.0 Å². The number of carboxylic acid groups (broad SMARTS) is 1. The zero-order valence-electron chi connectivity index (χ0n) is 14.7. The Hall–Kier alpha value is -2.39. The van der Waals surface area contributed by atoms with E-state index in [0.29, 0.717) is 18.6 Å². The predicted octanol–water partition coefficient (Wildman–Crippen LogP) is 1.11. The van der Waals surface area contributed by atoms with Crippen LogP contribution in [0.3, 0.4) is 0 Å². The molecule has 0 radical (unpaired) electrons. The number of fused-ring (bicyclic) bond motifs is 1. The lowest BCUT2D eigenvalue weighted by molar-refractivity contribution is -0.142. The molecule has 0 aromatic heterocycles. The first-order valence-corrected chi connectivity index (χ1v) is 9.64. The third-order valence-electron chi connectivity index (χ3n) is 4.70. The molecule has 2 aliphatic rings. The predicted molar refractivity (Wildman–Crippen MR) is 97.4 cm³/mol. The zero-order valence-corrected chi connectivity index (χ0v) is 15.5. The molecule has 3 atom stereocenters. The van der Waals surface area contributed by atoms with Crippen LogP contribution in [-0.4, -0.2) is 64.1 Å². The maximum absolute atomic E-state index is 12.5. The average Bonchev–Trinajstić information content (AvgIpc) is 3.23. The smallest absolute Gasteiger partial charge is 0.326 e. The summed E-state index contributed by atoms with van der Waals surface area (Å²) in [5, 5.41) is 12.7. The van der Waals surface area contributed by atoms with E-state index in [9.17, 15) is 24.3 Å². The van der Waals surface area contributed by atoms with Crippen LogP contribution in [0.15, 0.2) is 24.3 Å². The molecule has 1 aromatic carbocycles. The third-order valence-corrected chi connectivity index (χ3v) is 6.00. The van der Waals surface area contributed by atoms with E-state index in [1.54, 1.807) is 23.9 Å². The van der Waals surface area contributed by atoms with Crippen molar-refractivity contribution in [3.05, 3.63) is 35.4 Å². The lowest BCUT2D eigenvalue weighted by Crippen LogP contribution is -2.45. The van der Waals surface area contributed by atoms with E-state index >= 15 is 0 Å². The summed E-state index contributed by atoms with van der Waals surface area (Å²) < 4.78 is 4.70. The van der Waals surface area contributed by atoms with Gasteiger partial charge >= 0.3 is 11.9 Å². The number of esters is 1. The first kappa shape index (κ1) is 19.4. The Balaban J connectivity index is 1.60. The molecule has 1 saturated heterocycles. The van der Waals surface area contributed by atoms with Gasteiger partial charge in [0.05, 0.1) is 23.6 Å². The monoisotopic (exact) mass is 392 g/mol. The Kier molecular flexibility index (Phi) is 5.81. The number of hydrogen-bond donors (Lipinski definition) is 2. The molecule has 2 heterocycles. The lowest BCUT2D eigenvalue weighted by Gasteiger charge is -2.23. The van der Waals surface area contributed by atoms with Crippen molar-refractivity contribution in [2.75, 3.05) is 12.9 Å². The van der Waals surface area contributed by atoms with Gasteiger partial charge in [0.15, 0.2) is 0 Å². The number of carbonyl (C=O) groups excluding carboxylic acids is 3. The van der Waals surface area contributed by atoms with Crippen molar-refractivity contribution in [2.24, 2.45) is 0 Å². The van der Waals surface area contributed by atoms with Gasteiger partial charge in [-0.3, -0.25) is 24.6 Å². The van der Waals surface area contributed by atoms with E-state index in [0.717, 1.165) is 4.90 Å².